The third kappa shape index (κ3) is 1.58. The molecule has 2 aromatic carbocycles. The van der Waals surface area contributed by atoms with Crippen molar-refractivity contribution in [2.45, 2.75) is 11.7 Å². The number of hydrogen-bond acceptors (Lipinski definition) is 3. The SMILES string of the molecule is O=C(c1ccc(F)cc1)[C@@H]1O[C@@]12C(=O)Nc1ccccc12. The van der Waals surface area contributed by atoms with Crippen LogP contribution in [0.5, 0.6) is 0 Å². The molecule has 2 aliphatic rings. The highest BCUT2D eigenvalue weighted by Gasteiger charge is 2.70. The highest BCUT2D eigenvalue weighted by atomic mass is 19.1. The normalized spacial score (nSPS) is 25.6. The van der Waals surface area contributed by atoms with Crippen LogP contribution in [0.1, 0.15) is 15.9 Å². The Hall–Kier alpha value is -2.53. The van der Waals surface area contributed by atoms with Gasteiger partial charge in [0, 0.05) is 16.8 Å². The molecule has 1 N–H and O–H groups in total. The van der Waals surface area contributed by atoms with Gasteiger partial charge >= 0.3 is 0 Å². The molecule has 5 heteroatoms. The van der Waals surface area contributed by atoms with Gasteiger partial charge in [0.25, 0.3) is 5.91 Å². The molecule has 4 nitrogen and oxygen atoms in total. The summed E-state index contributed by atoms with van der Waals surface area (Å²) < 4.78 is 18.4. The van der Waals surface area contributed by atoms with Crippen LogP contribution in [0.3, 0.4) is 0 Å². The number of halogens is 1. The fraction of sp³-hybridized carbons (Fsp3) is 0.125. The van der Waals surface area contributed by atoms with E-state index in [9.17, 15) is 14.0 Å². The van der Waals surface area contributed by atoms with Crippen molar-refractivity contribution in [3.63, 3.8) is 0 Å². The van der Waals surface area contributed by atoms with E-state index in [4.69, 9.17) is 4.74 Å². The molecular weight excluding hydrogens is 273 g/mol. The smallest absolute Gasteiger partial charge is 0.264 e. The molecule has 0 bridgehead atoms. The van der Waals surface area contributed by atoms with Gasteiger partial charge < -0.3 is 10.1 Å². The lowest BCUT2D eigenvalue weighted by atomic mass is 9.92. The Balaban J connectivity index is 1.70. The number of ether oxygens (including phenoxy) is 1. The molecule has 0 aliphatic carbocycles. The number of fused-ring (bicyclic) bond motifs is 2. The van der Waals surface area contributed by atoms with Gasteiger partial charge in [-0.2, -0.15) is 0 Å². The highest BCUT2D eigenvalue weighted by molar-refractivity contribution is 6.15. The molecule has 0 radical (unpaired) electrons. The van der Waals surface area contributed by atoms with Crippen molar-refractivity contribution >= 4 is 17.4 Å². The van der Waals surface area contributed by atoms with Crippen LogP contribution in [0.25, 0.3) is 0 Å². The summed E-state index contributed by atoms with van der Waals surface area (Å²) in [5, 5.41) is 2.72. The number of benzene rings is 2. The zero-order valence-electron chi connectivity index (χ0n) is 10.8. The van der Waals surface area contributed by atoms with Crippen LogP contribution in [0, 0.1) is 5.82 Å². The second kappa shape index (κ2) is 3.99. The first-order valence-electron chi connectivity index (χ1n) is 6.51. The standard InChI is InChI=1S/C16H10FNO3/c17-10-7-5-9(6-8-10)13(19)14-16(21-14)11-3-1-2-4-12(11)18-15(16)20/h1-8,14H,(H,18,20)/t14-,16+/m0/s1. The van der Waals surface area contributed by atoms with Crippen LogP contribution in [0.15, 0.2) is 48.5 Å². The Morgan fingerprint density at radius 2 is 1.86 bits per heavy atom. The second-order valence-corrected chi connectivity index (χ2v) is 5.10. The fourth-order valence-electron chi connectivity index (χ4n) is 2.79. The lowest BCUT2D eigenvalue weighted by Crippen LogP contribution is -2.27. The predicted molar refractivity (Wildman–Crippen MR) is 72.4 cm³/mol. The zero-order valence-corrected chi connectivity index (χ0v) is 10.8. The maximum Gasteiger partial charge on any atom is 0.264 e. The molecule has 1 spiro atoms. The van der Waals surface area contributed by atoms with Gasteiger partial charge in [-0.05, 0) is 30.3 Å². The van der Waals surface area contributed by atoms with Gasteiger partial charge in [0.1, 0.15) is 5.82 Å². The monoisotopic (exact) mass is 283 g/mol. The molecule has 0 aromatic heterocycles. The number of ketones is 1. The Kier molecular flexibility index (Phi) is 2.32. The van der Waals surface area contributed by atoms with Crippen molar-refractivity contribution in [1.29, 1.82) is 0 Å². The summed E-state index contributed by atoms with van der Waals surface area (Å²) >= 11 is 0. The average molecular weight is 283 g/mol. The number of rotatable bonds is 2. The number of epoxide rings is 1. The second-order valence-electron chi connectivity index (χ2n) is 5.10. The van der Waals surface area contributed by atoms with Crippen molar-refractivity contribution < 1.29 is 18.7 Å². The summed E-state index contributed by atoms with van der Waals surface area (Å²) in [6, 6.07) is 12.3. The van der Waals surface area contributed by atoms with Gasteiger partial charge in [-0.3, -0.25) is 9.59 Å². The summed E-state index contributed by atoms with van der Waals surface area (Å²) in [7, 11) is 0. The van der Waals surface area contributed by atoms with E-state index in [0.29, 0.717) is 16.8 Å². The Labute approximate surface area is 119 Å². The number of amides is 1. The third-order valence-corrected chi connectivity index (χ3v) is 3.90. The summed E-state index contributed by atoms with van der Waals surface area (Å²) in [5.41, 5.74) is 0.449. The fourth-order valence-corrected chi connectivity index (χ4v) is 2.79. The molecule has 21 heavy (non-hydrogen) atoms. The molecule has 2 heterocycles. The lowest BCUT2D eigenvalue weighted by Gasteiger charge is -2.02. The van der Waals surface area contributed by atoms with Crippen LogP contribution in [0.2, 0.25) is 0 Å². The molecule has 4 rings (SSSR count). The molecule has 0 unspecified atom stereocenters. The zero-order chi connectivity index (χ0) is 14.6. The maximum absolute atomic E-state index is 12.9. The molecule has 2 aliphatic heterocycles. The largest absolute Gasteiger partial charge is 0.342 e. The lowest BCUT2D eigenvalue weighted by molar-refractivity contribution is -0.120. The van der Waals surface area contributed by atoms with Crippen LogP contribution < -0.4 is 5.32 Å². The highest BCUT2D eigenvalue weighted by Crippen LogP contribution is 2.54. The van der Waals surface area contributed by atoms with Crippen molar-refractivity contribution in [2.24, 2.45) is 0 Å². The van der Waals surface area contributed by atoms with Gasteiger partial charge in [0.15, 0.2) is 11.9 Å². The first-order chi connectivity index (χ1) is 10.1. The Morgan fingerprint density at radius 3 is 2.62 bits per heavy atom. The van der Waals surface area contributed by atoms with Gasteiger partial charge in [-0.15, -0.1) is 0 Å². The number of carbonyl (C=O) groups excluding carboxylic acids is 2. The molecule has 1 fully saturated rings. The minimum Gasteiger partial charge on any atom is -0.342 e. The third-order valence-electron chi connectivity index (χ3n) is 3.90. The van der Waals surface area contributed by atoms with Crippen LogP contribution in [-0.2, 0) is 15.1 Å². The summed E-state index contributed by atoms with van der Waals surface area (Å²) in [5.74, 6) is -1.06. The minimum absolute atomic E-state index is 0.318. The number of para-hydroxylation sites is 1. The van der Waals surface area contributed by atoms with E-state index in [1.807, 2.05) is 0 Å². The molecule has 2 aromatic rings. The topological polar surface area (TPSA) is 58.7 Å². The minimum atomic E-state index is -1.22. The number of hydrogen-bond donors (Lipinski definition) is 1. The van der Waals surface area contributed by atoms with E-state index in [-0.39, 0.29) is 11.7 Å². The van der Waals surface area contributed by atoms with Crippen molar-refractivity contribution in [3.05, 3.63) is 65.5 Å². The molecule has 1 amide bonds. The van der Waals surface area contributed by atoms with Gasteiger partial charge in [-0.1, -0.05) is 18.2 Å². The van der Waals surface area contributed by atoms with Gasteiger partial charge in [-0.25, -0.2) is 4.39 Å². The van der Waals surface area contributed by atoms with E-state index in [1.54, 1.807) is 24.3 Å². The quantitative estimate of drug-likeness (QED) is 0.679. The van der Waals surface area contributed by atoms with E-state index >= 15 is 0 Å². The van der Waals surface area contributed by atoms with E-state index < -0.39 is 17.5 Å². The van der Waals surface area contributed by atoms with E-state index in [2.05, 4.69) is 5.32 Å². The maximum atomic E-state index is 12.9. The number of carbonyl (C=O) groups is 2. The first-order valence-corrected chi connectivity index (χ1v) is 6.51. The van der Waals surface area contributed by atoms with Crippen molar-refractivity contribution in [1.82, 2.24) is 0 Å². The summed E-state index contributed by atoms with van der Waals surface area (Å²) in [6.45, 7) is 0. The average Bonchev–Trinajstić information content (AvgIpc) is 3.18. The van der Waals surface area contributed by atoms with Gasteiger partial charge in [0.05, 0.1) is 0 Å². The van der Waals surface area contributed by atoms with E-state index in [1.165, 1.54) is 24.3 Å². The first kappa shape index (κ1) is 12.2. The number of Topliss-reactive ketones (excluding diaryl/α,β-unsaturated/α-hetero) is 1. The Morgan fingerprint density at radius 1 is 1.14 bits per heavy atom. The molecule has 1 saturated heterocycles. The van der Waals surface area contributed by atoms with Crippen molar-refractivity contribution in [2.75, 3.05) is 5.32 Å². The molecule has 2 atom stereocenters. The van der Waals surface area contributed by atoms with Crippen LogP contribution in [-0.4, -0.2) is 17.8 Å². The molecule has 0 saturated carbocycles. The van der Waals surface area contributed by atoms with Gasteiger partial charge in [0.2, 0.25) is 5.60 Å². The summed E-state index contributed by atoms with van der Waals surface area (Å²) in [4.78, 5) is 24.6. The summed E-state index contributed by atoms with van der Waals surface area (Å²) in [6.07, 6.45) is -0.855. The van der Waals surface area contributed by atoms with E-state index in [0.717, 1.165) is 0 Å². The van der Waals surface area contributed by atoms with Crippen LogP contribution >= 0.6 is 0 Å². The number of anilines is 1. The van der Waals surface area contributed by atoms with Crippen LogP contribution in [0.4, 0.5) is 10.1 Å². The number of nitrogens with one attached hydrogen (secondary N) is 1. The molecule has 104 valence electrons. The predicted octanol–water partition coefficient (Wildman–Crippen LogP) is 2.25. The molecular formula is C16H10FNO3. The van der Waals surface area contributed by atoms with Crippen molar-refractivity contribution in [3.8, 4) is 0 Å². The Bertz CT molecular complexity index is 771.